The summed E-state index contributed by atoms with van der Waals surface area (Å²) < 4.78 is 0. The van der Waals surface area contributed by atoms with Gasteiger partial charge in [-0.25, -0.2) is 9.79 Å². The van der Waals surface area contributed by atoms with E-state index in [1.54, 1.807) is 12.1 Å². The zero-order valence-corrected chi connectivity index (χ0v) is 7.19. The predicted octanol–water partition coefficient (Wildman–Crippen LogP) is 1.07. The molecular formula is C9H10N2O2. The van der Waals surface area contributed by atoms with Crippen LogP contribution in [0, 0.1) is 6.92 Å². The number of hydrogen-bond acceptors (Lipinski definition) is 2. The second-order valence-corrected chi connectivity index (χ2v) is 2.59. The fourth-order valence-corrected chi connectivity index (χ4v) is 0.866. The van der Waals surface area contributed by atoms with Gasteiger partial charge in [0.15, 0.2) is 0 Å². The molecule has 0 spiro atoms. The number of amidine groups is 1. The lowest BCUT2D eigenvalue weighted by atomic mass is 10.2. The Morgan fingerprint density at radius 1 is 1.46 bits per heavy atom. The van der Waals surface area contributed by atoms with E-state index in [2.05, 4.69) is 4.99 Å². The Balaban J connectivity index is 3.04. The number of hydrogen-bond donors (Lipinski definition) is 2. The van der Waals surface area contributed by atoms with Crippen LogP contribution in [0.3, 0.4) is 0 Å². The van der Waals surface area contributed by atoms with Gasteiger partial charge in [-0.3, -0.25) is 0 Å². The van der Waals surface area contributed by atoms with Gasteiger partial charge in [-0.1, -0.05) is 18.2 Å². The highest BCUT2D eigenvalue weighted by atomic mass is 16.4. The Bertz CT molecular complexity index is 358. The van der Waals surface area contributed by atoms with E-state index in [9.17, 15) is 4.79 Å². The normalized spacial score (nSPS) is 11.3. The maximum absolute atomic E-state index is 10.4. The summed E-state index contributed by atoms with van der Waals surface area (Å²) in [5, 5.41) is 8.48. The molecule has 0 saturated heterocycles. The minimum absolute atomic E-state index is 0.394. The summed E-state index contributed by atoms with van der Waals surface area (Å²) in [6, 6.07) is 7.19. The van der Waals surface area contributed by atoms with Crippen LogP contribution >= 0.6 is 0 Å². The molecule has 0 heterocycles. The Morgan fingerprint density at radius 2 is 2.08 bits per heavy atom. The number of benzene rings is 1. The first-order valence-corrected chi connectivity index (χ1v) is 3.74. The molecule has 4 nitrogen and oxygen atoms in total. The highest BCUT2D eigenvalue weighted by Gasteiger charge is 2.03. The van der Waals surface area contributed by atoms with E-state index in [0.717, 1.165) is 5.56 Å². The van der Waals surface area contributed by atoms with Gasteiger partial charge in [0.2, 0.25) is 5.84 Å². The predicted molar refractivity (Wildman–Crippen MR) is 50.1 cm³/mol. The molecule has 0 fully saturated rings. The van der Waals surface area contributed by atoms with Crippen molar-refractivity contribution in [1.82, 2.24) is 0 Å². The summed E-state index contributed by atoms with van der Waals surface area (Å²) in [4.78, 5) is 14.1. The highest BCUT2D eigenvalue weighted by Crippen LogP contribution is 2.16. The van der Waals surface area contributed by atoms with Crippen molar-refractivity contribution in [3.8, 4) is 0 Å². The lowest BCUT2D eigenvalue weighted by Crippen LogP contribution is -2.22. The van der Waals surface area contributed by atoms with Crippen molar-refractivity contribution < 1.29 is 9.90 Å². The molecule has 0 amide bonds. The van der Waals surface area contributed by atoms with Gasteiger partial charge in [-0.15, -0.1) is 0 Å². The molecule has 13 heavy (non-hydrogen) atoms. The maximum atomic E-state index is 10.4. The van der Waals surface area contributed by atoms with Crippen LogP contribution < -0.4 is 5.73 Å². The zero-order chi connectivity index (χ0) is 9.84. The minimum atomic E-state index is -1.21. The van der Waals surface area contributed by atoms with Crippen LogP contribution in [0.2, 0.25) is 0 Å². The number of carboxylic acids is 1. The number of aryl methyl sites for hydroxylation is 1. The third-order valence-corrected chi connectivity index (χ3v) is 1.58. The van der Waals surface area contributed by atoms with Gasteiger partial charge in [-0.05, 0) is 18.6 Å². The van der Waals surface area contributed by atoms with Crippen LogP contribution in [0.1, 0.15) is 5.56 Å². The number of nitrogens with two attached hydrogens (primary N) is 1. The molecule has 0 aliphatic rings. The lowest BCUT2D eigenvalue weighted by molar-refractivity contribution is -0.129. The summed E-state index contributed by atoms with van der Waals surface area (Å²) >= 11 is 0. The van der Waals surface area contributed by atoms with Crippen molar-refractivity contribution in [2.45, 2.75) is 6.92 Å². The number of carboxylic acid groups (broad SMARTS) is 1. The molecule has 0 saturated carbocycles. The van der Waals surface area contributed by atoms with Gasteiger partial charge < -0.3 is 10.8 Å². The van der Waals surface area contributed by atoms with Crippen LogP contribution in [0.25, 0.3) is 0 Å². The van der Waals surface area contributed by atoms with E-state index in [1.165, 1.54) is 0 Å². The molecule has 0 radical (unpaired) electrons. The quantitative estimate of drug-likeness (QED) is 0.498. The molecule has 68 valence electrons. The van der Waals surface area contributed by atoms with Crippen LogP contribution in [0.5, 0.6) is 0 Å². The minimum Gasteiger partial charge on any atom is -0.475 e. The van der Waals surface area contributed by atoms with Crippen molar-refractivity contribution in [3.05, 3.63) is 29.8 Å². The van der Waals surface area contributed by atoms with Crippen LogP contribution in [-0.2, 0) is 4.79 Å². The van der Waals surface area contributed by atoms with Crippen LogP contribution in [0.15, 0.2) is 29.3 Å². The van der Waals surface area contributed by atoms with Crippen molar-refractivity contribution in [1.29, 1.82) is 0 Å². The number of carbonyl (C=O) groups is 1. The monoisotopic (exact) mass is 178 g/mol. The second-order valence-electron chi connectivity index (χ2n) is 2.59. The van der Waals surface area contributed by atoms with Crippen molar-refractivity contribution >= 4 is 17.5 Å². The van der Waals surface area contributed by atoms with Crippen LogP contribution in [0.4, 0.5) is 5.69 Å². The fourth-order valence-electron chi connectivity index (χ4n) is 0.866. The van der Waals surface area contributed by atoms with Crippen molar-refractivity contribution in [3.63, 3.8) is 0 Å². The molecule has 0 aromatic heterocycles. The first-order chi connectivity index (χ1) is 6.11. The number of para-hydroxylation sites is 1. The molecule has 0 atom stereocenters. The molecule has 1 rings (SSSR count). The molecule has 0 aliphatic carbocycles. The Morgan fingerprint density at radius 3 is 2.62 bits per heavy atom. The molecule has 3 N–H and O–H groups in total. The van der Waals surface area contributed by atoms with E-state index in [0.29, 0.717) is 5.69 Å². The molecule has 1 aromatic rings. The second kappa shape index (κ2) is 3.71. The summed E-state index contributed by atoms with van der Waals surface area (Å²) in [5.41, 5.74) is 6.65. The summed E-state index contributed by atoms with van der Waals surface area (Å²) in [6.07, 6.45) is 0. The SMILES string of the molecule is Cc1ccccc1N=C(N)C(=O)O. The first-order valence-electron chi connectivity index (χ1n) is 3.74. The Kier molecular flexibility index (Phi) is 2.64. The Hall–Kier alpha value is -1.84. The standard InChI is InChI=1S/C9H10N2O2/c1-6-4-2-3-5-7(6)11-8(10)9(12)13/h2-5H,1H3,(H2,10,11)(H,12,13). The first kappa shape index (κ1) is 9.25. The van der Waals surface area contributed by atoms with E-state index in [4.69, 9.17) is 10.8 Å². The van der Waals surface area contributed by atoms with Gasteiger partial charge in [0.1, 0.15) is 0 Å². The third-order valence-electron chi connectivity index (χ3n) is 1.58. The molecular weight excluding hydrogens is 168 g/mol. The van der Waals surface area contributed by atoms with E-state index in [-0.39, 0.29) is 0 Å². The highest BCUT2D eigenvalue weighted by molar-refractivity contribution is 6.34. The van der Waals surface area contributed by atoms with E-state index < -0.39 is 11.8 Å². The summed E-state index contributed by atoms with van der Waals surface area (Å²) in [6.45, 7) is 1.84. The van der Waals surface area contributed by atoms with Gasteiger partial charge in [0.25, 0.3) is 0 Å². The number of aliphatic imine (C=N–C) groups is 1. The molecule has 1 aromatic carbocycles. The average Bonchev–Trinajstić information content (AvgIpc) is 2.08. The maximum Gasteiger partial charge on any atom is 0.371 e. The summed E-state index contributed by atoms with van der Waals surface area (Å²) in [7, 11) is 0. The molecule has 0 bridgehead atoms. The Labute approximate surface area is 75.7 Å². The largest absolute Gasteiger partial charge is 0.475 e. The van der Waals surface area contributed by atoms with E-state index in [1.807, 2.05) is 19.1 Å². The van der Waals surface area contributed by atoms with Gasteiger partial charge in [0.05, 0.1) is 5.69 Å². The van der Waals surface area contributed by atoms with Crippen molar-refractivity contribution in [2.24, 2.45) is 10.7 Å². The fraction of sp³-hybridized carbons (Fsp3) is 0.111. The third kappa shape index (κ3) is 2.30. The number of rotatable bonds is 1. The summed E-state index contributed by atoms with van der Waals surface area (Å²) in [5.74, 6) is -1.60. The smallest absolute Gasteiger partial charge is 0.371 e. The number of aliphatic carboxylic acids is 1. The average molecular weight is 178 g/mol. The van der Waals surface area contributed by atoms with Gasteiger partial charge in [-0.2, -0.15) is 0 Å². The van der Waals surface area contributed by atoms with Crippen LogP contribution in [-0.4, -0.2) is 16.9 Å². The zero-order valence-electron chi connectivity index (χ0n) is 7.19. The van der Waals surface area contributed by atoms with Gasteiger partial charge in [0, 0.05) is 0 Å². The molecule has 0 unspecified atom stereocenters. The lowest BCUT2D eigenvalue weighted by Gasteiger charge is -1.98. The molecule has 4 heteroatoms. The van der Waals surface area contributed by atoms with Gasteiger partial charge >= 0.3 is 5.97 Å². The topological polar surface area (TPSA) is 75.7 Å². The number of nitrogens with zero attached hydrogens (tertiary/aromatic N) is 1. The van der Waals surface area contributed by atoms with E-state index >= 15 is 0 Å². The molecule has 0 aliphatic heterocycles. The van der Waals surface area contributed by atoms with Crippen molar-refractivity contribution in [2.75, 3.05) is 0 Å².